The molecular weight excluding hydrogens is 320 g/mol. The molecule has 7 nitrogen and oxygen atoms in total. The maximum Gasteiger partial charge on any atom is 0.291 e. The summed E-state index contributed by atoms with van der Waals surface area (Å²) < 4.78 is 6.35. The molecule has 128 valence electrons. The number of hydrogen-bond acceptors (Lipinski definition) is 6. The number of nitrogens with zero attached hydrogens (tertiary/aromatic N) is 3. The van der Waals surface area contributed by atoms with Gasteiger partial charge in [0.2, 0.25) is 0 Å². The van der Waals surface area contributed by atoms with Crippen molar-refractivity contribution >= 4 is 17.3 Å². The molecule has 0 radical (unpaired) electrons. The SMILES string of the molecule is CCn1nc(-c2ccccc2)c(C(C)=O)c(Nc2cc(C)on2)c1=O. The van der Waals surface area contributed by atoms with E-state index in [9.17, 15) is 9.59 Å². The van der Waals surface area contributed by atoms with Crippen molar-refractivity contribution in [2.24, 2.45) is 0 Å². The molecule has 7 heteroatoms. The van der Waals surface area contributed by atoms with Crippen molar-refractivity contribution in [2.75, 3.05) is 5.32 Å². The van der Waals surface area contributed by atoms with Crippen LogP contribution in [0.25, 0.3) is 11.3 Å². The fourth-order valence-corrected chi connectivity index (χ4v) is 2.60. The average Bonchev–Trinajstić information content (AvgIpc) is 3.02. The third-order valence-corrected chi connectivity index (χ3v) is 3.74. The average molecular weight is 338 g/mol. The zero-order valence-corrected chi connectivity index (χ0v) is 14.2. The van der Waals surface area contributed by atoms with Crippen molar-refractivity contribution in [3.63, 3.8) is 0 Å². The Balaban J connectivity index is 2.27. The van der Waals surface area contributed by atoms with E-state index >= 15 is 0 Å². The Bertz CT molecular complexity index is 974. The van der Waals surface area contributed by atoms with Gasteiger partial charge in [-0.05, 0) is 20.8 Å². The van der Waals surface area contributed by atoms with Gasteiger partial charge in [-0.3, -0.25) is 9.59 Å². The third kappa shape index (κ3) is 3.21. The molecule has 0 atom stereocenters. The van der Waals surface area contributed by atoms with Crippen LogP contribution in [0.5, 0.6) is 0 Å². The van der Waals surface area contributed by atoms with E-state index in [1.165, 1.54) is 11.6 Å². The van der Waals surface area contributed by atoms with E-state index in [2.05, 4.69) is 15.6 Å². The Morgan fingerprint density at radius 2 is 2.00 bits per heavy atom. The zero-order valence-electron chi connectivity index (χ0n) is 14.2. The molecular formula is C18H18N4O3. The second-order valence-electron chi connectivity index (χ2n) is 5.59. The van der Waals surface area contributed by atoms with Crippen LogP contribution in [0.3, 0.4) is 0 Å². The fraction of sp³-hybridized carbons (Fsp3) is 0.222. The maximum atomic E-state index is 12.7. The van der Waals surface area contributed by atoms with Gasteiger partial charge < -0.3 is 9.84 Å². The molecule has 0 aliphatic carbocycles. The number of hydrogen-bond donors (Lipinski definition) is 1. The minimum Gasteiger partial charge on any atom is -0.360 e. The molecule has 0 saturated heterocycles. The molecule has 0 spiro atoms. The second-order valence-corrected chi connectivity index (χ2v) is 5.59. The normalized spacial score (nSPS) is 10.7. The number of Topliss-reactive ketones (excluding diaryl/α,β-unsaturated/α-hetero) is 1. The van der Waals surface area contributed by atoms with Crippen LogP contribution in [0, 0.1) is 6.92 Å². The van der Waals surface area contributed by atoms with E-state index in [1.807, 2.05) is 37.3 Å². The molecule has 0 bridgehead atoms. The van der Waals surface area contributed by atoms with Gasteiger partial charge >= 0.3 is 0 Å². The molecule has 2 heterocycles. The minimum absolute atomic E-state index is 0.150. The lowest BCUT2D eigenvalue weighted by molar-refractivity contribution is 0.101. The summed E-state index contributed by atoms with van der Waals surface area (Å²) in [5, 5.41) is 11.2. The van der Waals surface area contributed by atoms with Gasteiger partial charge in [0, 0.05) is 18.2 Å². The summed E-state index contributed by atoms with van der Waals surface area (Å²) in [5.41, 5.74) is 1.22. The largest absolute Gasteiger partial charge is 0.360 e. The van der Waals surface area contributed by atoms with E-state index in [0.29, 0.717) is 23.8 Å². The molecule has 1 N–H and O–H groups in total. The van der Waals surface area contributed by atoms with Crippen molar-refractivity contribution in [1.82, 2.24) is 14.9 Å². The van der Waals surface area contributed by atoms with E-state index in [1.54, 1.807) is 13.0 Å². The van der Waals surface area contributed by atoms with Crippen LogP contribution in [-0.2, 0) is 6.54 Å². The maximum absolute atomic E-state index is 12.7. The molecule has 0 fully saturated rings. The summed E-state index contributed by atoms with van der Waals surface area (Å²) in [4.78, 5) is 25.1. The summed E-state index contributed by atoms with van der Waals surface area (Å²) in [6, 6.07) is 11.0. The second kappa shape index (κ2) is 6.72. The Morgan fingerprint density at radius 1 is 1.28 bits per heavy atom. The van der Waals surface area contributed by atoms with Gasteiger partial charge in [-0.15, -0.1) is 0 Å². The molecule has 0 unspecified atom stereocenters. The summed E-state index contributed by atoms with van der Waals surface area (Å²) in [6.45, 7) is 5.36. The molecule has 25 heavy (non-hydrogen) atoms. The first-order chi connectivity index (χ1) is 12.0. The quantitative estimate of drug-likeness (QED) is 0.719. The number of ketones is 1. The lowest BCUT2D eigenvalue weighted by Crippen LogP contribution is -2.28. The van der Waals surface area contributed by atoms with Crippen LogP contribution in [0.15, 0.2) is 45.7 Å². The first kappa shape index (κ1) is 16.6. The van der Waals surface area contributed by atoms with Gasteiger partial charge in [-0.25, -0.2) is 4.68 Å². The number of anilines is 2. The lowest BCUT2D eigenvalue weighted by Gasteiger charge is -2.14. The first-order valence-corrected chi connectivity index (χ1v) is 7.93. The fourth-order valence-electron chi connectivity index (χ4n) is 2.60. The minimum atomic E-state index is -0.381. The highest BCUT2D eigenvalue weighted by atomic mass is 16.5. The van der Waals surface area contributed by atoms with Crippen molar-refractivity contribution in [2.45, 2.75) is 27.3 Å². The summed E-state index contributed by atoms with van der Waals surface area (Å²) in [7, 11) is 0. The Labute approximate surface area is 144 Å². The summed E-state index contributed by atoms with van der Waals surface area (Å²) in [5.74, 6) is 0.708. The number of carbonyl (C=O) groups excluding carboxylic acids is 1. The first-order valence-electron chi connectivity index (χ1n) is 7.93. The number of rotatable bonds is 5. The lowest BCUT2D eigenvalue weighted by atomic mass is 10.0. The van der Waals surface area contributed by atoms with Crippen LogP contribution < -0.4 is 10.9 Å². The van der Waals surface area contributed by atoms with E-state index in [0.717, 1.165) is 5.56 Å². The van der Waals surface area contributed by atoms with Gasteiger partial charge in [-0.2, -0.15) is 5.10 Å². The topological polar surface area (TPSA) is 90.0 Å². The smallest absolute Gasteiger partial charge is 0.291 e. The zero-order chi connectivity index (χ0) is 18.0. The molecule has 0 aliphatic heterocycles. The van der Waals surface area contributed by atoms with Crippen LogP contribution in [0.4, 0.5) is 11.5 Å². The van der Waals surface area contributed by atoms with Crippen molar-refractivity contribution in [3.8, 4) is 11.3 Å². The van der Waals surface area contributed by atoms with E-state index in [-0.39, 0.29) is 22.6 Å². The Hall–Kier alpha value is -3.22. The standard InChI is InChI=1S/C18H18N4O3/c1-4-22-18(24)17(19-14-10-11(2)25-21-14)15(12(3)23)16(20-22)13-8-6-5-7-9-13/h5-10H,4H2,1-3H3,(H,19,21). The van der Waals surface area contributed by atoms with Gasteiger partial charge in [-0.1, -0.05) is 35.5 Å². The van der Waals surface area contributed by atoms with Gasteiger partial charge in [0.1, 0.15) is 17.1 Å². The van der Waals surface area contributed by atoms with E-state index in [4.69, 9.17) is 4.52 Å². The monoisotopic (exact) mass is 338 g/mol. The van der Waals surface area contributed by atoms with Crippen molar-refractivity contribution in [1.29, 1.82) is 0 Å². The van der Waals surface area contributed by atoms with Crippen molar-refractivity contribution in [3.05, 3.63) is 58.1 Å². The third-order valence-electron chi connectivity index (χ3n) is 3.74. The van der Waals surface area contributed by atoms with Crippen LogP contribution in [-0.4, -0.2) is 20.7 Å². The van der Waals surface area contributed by atoms with E-state index < -0.39 is 0 Å². The van der Waals surface area contributed by atoms with Gasteiger partial charge in [0.25, 0.3) is 5.56 Å². The molecule has 3 aromatic rings. The molecule has 1 aromatic carbocycles. The predicted octanol–water partition coefficient (Wildman–Crippen LogP) is 3.17. The van der Waals surface area contributed by atoms with Crippen LogP contribution in [0.2, 0.25) is 0 Å². The van der Waals surface area contributed by atoms with Crippen LogP contribution in [0.1, 0.15) is 30.0 Å². The Morgan fingerprint density at radius 3 is 2.56 bits per heavy atom. The number of benzene rings is 1. The van der Waals surface area contributed by atoms with Gasteiger partial charge in [0.15, 0.2) is 11.6 Å². The Kier molecular flexibility index (Phi) is 4.47. The molecule has 3 rings (SSSR count). The highest BCUT2D eigenvalue weighted by Gasteiger charge is 2.22. The predicted molar refractivity (Wildman–Crippen MR) is 94.1 cm³/mol. The van der Waals surface area contributed by atoms with Gasteiger partial charge in [0.05, 0.1) is 5.56 Å². The highest BCUT2D eigenvalue weighted by molar-refractivity contribution is 6.05. The molecule has 2 aromatic heterocycles. The number of nitrogens with one attached hydrogen (secondary N) is 1. The highest BCUT2D eigenvalue weighted by Crippen LogP contribution is 2.27. The number of carbonyl (C=O) groups is 1. The summed E-state index contributed by atoms with van der Waals surface area (Å²) in [6.07, 6.45) is 0. The van der Waals surface area contributed by atoms with Crippen LogP contribution >= 0.6 is 0 Å². The molecule has 0 amide bonds. The van der Waals surface area contributed by atoms with Crippen molar-refractivity contribution < 1.29 is 9.32 Å². The summed E-state index contributed by atoms with van der Waals surface area (Å²) >= 11 is 0. The number of aromatic nitrogens is 3. The molecule has 0 saturated carbocycles. The number of aryl methyl sites for hydroxylation is 2. The molecule has 0 aliphatic rings.